The highest BCUT2D eigenvalue weighted by atomic mass is 15.2. The maximum atomic E-state index is 4.23. The Balaban J connectivity index is 1.76. The van der Waals surface area contributed by atoms with Gasteiger partial charge in [-0.2, -0.15) is 0 Å². The second-order valence-electron chi connectivity index (χ2n) is 4.78. The Bertz CT molecular complexity index is 363. The van der Waals surface area contributed by atoms with Crippen molar-refractivity contribution in [3.63, 3.8) is 0 Å². The van der Waals surface area contributed by atoms with E-state index in [9.17, 15) is 0 Å². The molecule has 0 aliphatic heterocycles. The van der Waals surface area contributed by atoms with E-state index in [1.807, 2.05) is 12.4 Å². The van der Waals surface area contributed by atoms with Crippen molar-refractivity contribution in [2.45, 2.75) is 32.7 Å². The monoisotopic (exact) mass is 248 g/mol. The van der Waals surface area contributed by atoms with Gasteiger partial charge < -0.3 is 10.6 Å². The van der Waals surface area contributed by atoms with Crippen LogP contribution in [0.1, 0.15) is 26.7 Å². The van der Waals surface area contributed by atoms with Gasteiger partial charge in [0, 0.05) is 25.7 Å². The molecular formula is C14H24N4. The summed E-state index contributed by atoms with van der Waals surface area (Å²) in [6.07, 6.45) is 6.50. The first kappa shape index (κ1) is 13.1. The molecule has 100 valence electrons. The van der Waals surface area contributed by atoms with E-state index in [4.69, 9.17) is 0 Å². The fourth-order valence-electron chi connectivity index (χ4n) is 2.22. The number of likely N-dealkylation sites (N-methyl/N-ethyl adjacent to an activating group) is 1. The first-order valence-electron chi connectivity index (χ1n) is 7.00. The van der Waals surface area contributed by atoms with E-state index in [-0.39, 0.29) is 0 Å². The van der Waals surface area contributed by atoms with Crippen molar-refractivity contribution in [1.82, 2.24) is 9.88 Å². The molecular weight excluding hydrogens is 224 g/mol. The summed E-state index contributed by atoms with van der Waals surface area (Å²) in [4.78, 5) is 6.78. The van der Waals surface area contributed by atoms with Crippen molar-refractivity contribution in [3.05, 3.63) is 18.5 Å². The normalized spacial score (nSPS) is 14.8. The number of rotatable bonds is 8. The predicted molar refractivity (Wildman–Crippen MR) is 77.2 cm³/mol. The van der Waals surface area contributed by atoms with Gasteiger partial charge in [0.25, 0.3) is 0 Å². The molecule has 1 aromatic rings. The molecule has 2 N–H and O–H groups in total. The highest BCUT2D eigenvalue weighted by Gasteiger charge is 2.26. The smallest absolute Gasteiger partial charge is 0.0547 e. The van der Waals surface area contributed by atoms with Gasteiger partial charge in [0.05, 0.1) is 23.8 Å². The van der Waals surface area contributed by atoms with E-state index in [1.165, 1.54) is 12.8 Å². The van der Waals surface area contributed by atoms with Crippen LogP contribution in [0.4, 0.5) is 11.4 Å². The van der Waals surface area contributed by atoms with Crippen molar-refractivity contribution in [2.75, 3.05) is 36.8 Å². The molecule has 4 nitrogen and oxygen atoms in total. The van der Waals surface area contributed by atoms with E-state index < -0.39 is 0 Å². The standard InChI is InChI=1S/C14H24N4/c1-3-16-12-9-13(11-15-10-12)17-7-8-18(4-2)14-5-6-14/h9-11,14,16-17H,3-8H2,1-2H3. The zero-order valence-corrected chi connectivity index (χ0v) is 11.4. The summed E-state index contributed by atoms with van der Waals surface area (Å²) in [6.45, 7) is 8.52. The van der Waals surface area contributed by atoms with Gasteiger partial charge in [0.2, 0.25) is 0 Å². The number of pyridine rings is 1. The molecule has 1 heterocycles. The van der Waals surface area contributed by atoms with Crippen LogP contribution in [-0.2, 0) is 0 Å². The highest BCUT2D eigenvalue weighted by Crippen LogP contribution is 2.26. The van der Waals surface area contributed by atoms with E-state index in [1.54, 1.807) is 0 Å². The Morgan fingerprint density at radius 3 is 2.56 bits per heavy atom. The number of nitrogens with one attached hydrogen (secondary N) is 2. The lowest BCUT2D eigenvalue weighted by Gasteiger charge is -2.20. The maximum Gasteiger partial charge on any atom is 0.0547 e. The number of aromatic nitrogens is 1. The Hall–Kier alpha value is -1.29. The molecule has 4 heteroatoms. The first-order chi connectivity index (χ1) is 8.83. The second kappa shape index (κ2) is 6.59. The molecule has 0 saturated heterocycles. The molecule has 0 bridgehead atoms. The molecule has 2 rings (SSSR count). The van der Waals surface area contributed by atoms with Gasteiger partial charge in [-0.15, -0.1) is 0 Å². The maximum absolute atomic E-state index is 4.23. The van der Waals surface area contributed by atoms with Crippen molar-refractivity contribution < 1.29 is 0 Å². The zero-order valence-electron chi connectivity index (χ0n) is 11.4. The second-order valence-corrected chi connectivity index (χ2v) is 4.78. The van der Waals surface area contributed by atoms with Crippen LogP contribution in [0.25, 0.3) is 0 Å². The summed E-state index contributed by atoms with van der Waals surface area (Å²) in [5.74, 6) is 0. The molecule has 0 atom stereocenters. The minimum atomic E-state index is 0.850. The largest absolute Gasteiger partial charge is 0.384 e. The number of hydrogen-bond donors (Lipinski definition) is 2. The fourth-order valence-corrected chi connectivity index (χ4v) is 2.22. The molecule has 1 saturated carbocycles. The molecule has 1 aliphatic carbocycles. The molecule has 0 spiro atoms. The zero-order chi connectivity index (χ0) is 12.8. The van der Waals surface area contributed by atoms with E-state index in [0.717, 1.165) is 43.6 Å². The molecule has 0 unspecified atom stereocenters. The summed E-state index contributed by atoms with van der Waals surface area (Å²) in [7, 11) is 0. The summed E-state index contributed by atoms with van der Waals surface area (Å²) >= 11 is 0. The van der Waals surface area contributed by atoms with Crippen molar-refractivity contribution >= 4 is 11.4 Å². The summed E-state index contributed by atoms with van der Waals surface area (Å²) in [6, 6.07) is 2.97. The van der Waals surface area contributed by atoms with E-state index in [2.05, 4.69) is 40.4 Å². The van der Waals surface area contributed by atoms with Crippen molar-refractivity contribution in [1.29, 1.82) is 0 Å². The molecule has 18 heavy (non-hydrogen) atoms. The minimum absolute atomic E-state index is 0.850. The predicted octanol–water partition coefficient (Wildman–Crippen LogP) is 2.41. The Morgan fingerprint density at radius 2 is 1.94 bits per heavy atom. The van der Waals surface area contributed by atoms with Gasteiger partial charge in [-0.25, -0.2) is 0 Å². The molecule has 1 aliphatic rings. The van der Waals surface area contributed by atoms with Gasteiger partial charge in [0.1, 0.15) is 0 Å². The Labute approximate surface area is 110 Å². The van der Waals surface area contributed by atoms with Crippen LogP contribution in [0.3, 0.4) is 0 Å². The lowest BCUT2D eigenvalue weighted by Crippen LogP contribution is -2.30. The van der Waals surface area contributed by atoms with Gasteiger partial charge in [-0.1, -0.05) is 6.92 Å². The fraction of sp³-hybridized carbons (Fsp3) is 0.643. The van der Waals surface area contributed by atoms with Crippen LogP contribution in [0.2, 0.25) is 0 Å². The Morgan fingerprint density at radius 1 is 1.22 bits per heavy atom. The van der Waals surface area contributed by atoms with Gasteiger partial charge in [0.15, 0.2) is 0 Å². The van der Waals surface area contributed by atoms with E-state index >= 15 is 0 Å². The van der Waals surface area contributed by atoms with Crippen molar-refractivity contribution in [3.8, 4) is 0 Å². The quantitative estimate of drug-likeness (QED) is 0.741. The van der Waals surface area contributed by atoms with Crippen molar-refractivity contribution in [2.24, 2.45) is 0 Å². The first-order valence-corrected chi connectivity index (χ1v) is 7.00. The van der Waals surface area contributed by atoms with Gasteiger partial charge in [-0.3, -0.25) is 9.88 Å². The minimum Gasteiger partial charge on any atom is -0.384 e. The summed E-state index contributed by atoms with van der Waals surface area (Å²) < 4.78 is 0. The number of nitrogens with zero attached hydrogens (tertiary/aromatic N) is 2. The number of anilines is 2. The lowest BCUT2D eigenvalue weighted by molar-refractivity contribution is 0.289. The van der Waals surface area contributed by atoms with Gasteiger partial charge >= 0.3 is 0 Å². The average molecular weight is 248 g/mol. The molecule has 0 aromatic carbocycles. The summed E-state index contributed by atoms with van der Waals surface area (Å²) in [5, 5.41) is 6.72. The van der Waals surface area contributed by atoms with Gasteiger partial charge in [-0.05, 0) is 32.4 Å². The molecule has 0 radical (unpaired) electrons. The summed E-state index contributed by atoms with van der Waals surface area (Å²) in [5.41, 5.74) is 2.18. The molecule has 0 amide bonds. The van der Waals surface area contributed by atoms with E-state index in [0.29, 0.717) is 0 Å². The van der Waals surface area contributed by atoms with Crippen LogP contribution >= 0.6 is 0 Å². The molecule has 1 fully saturated rings. The van der Waals surface area contributed by atoms with Crippen LogP contribution in [0.15, 0.2) is 18.5 Å². The van der Waals surface area contributed by atoms with Crippen LogP contribution in [0, 0.1) is 0 Å². The van der Waals surface area contributed by atoms with Crippen LogP contribution in [-0.4, -0.2) is 42.1 Å². The Kier molecular flexibility index (Phi) is 4.81. The average Bonchev–Trinajstić information content (AvgIpc) is 3.20. The highest BCUT2D eigenvalue weighted by molar-refractivity contribution is 5.53. The third-order valence-corrected chi connectivity index (χ3v) is 3.32. The third-order valence-electron chi connectivity index (χ3n) is 3.32. The topological polar surface area (TPSA) is 40.2 Å². The van der Waals surface area contributed by atoms with Crippen LogP contribution in [0.5, 0.6) is 0 Å². The van der Waals surface area contributed by atoms with Crippen LogP contribution < -0.4 is 10.6 Å². The third kappa shape index (κ3) is 3.88. The number of hydrogen-bond acceptors (Lipinski definition) is 4. The SMILES string of the molecule is CCNc1cncc(NCCN(CC)C2CC2)c1. The molecule has 1 aromatic heterocycles. The lowest BCUT2D eigenvalue weighted by atomic mass is 10.3.